The average Bonchev–Trinajstić information content (AvgIpc) is 2.72. The van der Waals surface area contributed by atoms with E-state index in [2.05, 4.69) is 0 Å². The molecule has 7 nitrogen and oxygen atoms in total. The van der Waals surface area contributed by atoms with Crippen molar-refractivity contribution < 1.29 is 23.1 Å². The molecule has 1 unspecified atom stereocenters. The lowest BCUT2D eigenvalue weighted by Gasteiger charge is -2.32. The number of carbonyl (C=O) groups excluding carboxylic acids is 1. The number of aliphatic carboxylic acids is 1. The first-order valence-corrected chi connectivity index (χ1v) is 7.74. The molecule has 1 heterocycles. The van der Waals surface area contributed by atoms with Crippen molar-refractivity contribution in [2.45, 2.75) is 32.2 Å². The van der Waals surface area contributed by atoms with Crippen LogP contribution in [0.1, 0.15) is 26.7 Å². The molecule has 1 fully saturated rings. The van der Waals surface area contributed by atoms with Crippen LogP contribution in [0.4, 0.5) is 0 Å². The highest BCUT2D eigenvalue weighted by molar-refractivity contribution is 7.89. The number of carboxylic acid groups (broad SMARTS) is 1. The lowest BCUT2D eigenvalue weighted by molar-refractivity contribution is -0.155. The molecule has 1 rings (SSSR count). The number of hydrogen-bond acceptors (Lipinski definition) is 4. The number of rotatable bonds is 5. The minimum Gasteiger partial charge on any atom is -0.480 e. The lowest BCUT2D eigenvalue weighted by Crippen LogP contribution is -2.53. The Kier molecular flexibility index (Phi) is 4.57. The van der Waals surface area contributed by atoms with Gasteiger partial charge in [-0.05, 0) is 26.7 Å². The fourth-order valence-electron chi connectivity index (χ4n) is 2.18. The second-order valence-electron chi connectivity index (χ2n) is 4.88. The van der Waals surface area contributed by atoms with Crippen molar-refractivity contribution in [2.75, 3.05) is 25.9 Å². The van der Waals surface area contributed by atoms with Crippen molar-refractivity contribution in [3.05, 3.63) is 0 Å². The van der Waals surface area contributed by atoms with E-state index in [0.29, 0.717) is 19.4 Å². The van der Waals surface area contributed by atoms with Gasteiger partial charge in [0, 0.05) is 13.6 Å². The lowest BCUT2D eigenvalue weighted by atomic mass is 9.99. The topological polar surface area (TPSA) is 95.0 Å². The minimum atomic E-state index is -3.44. The third-order valence-electron chi connectivity index (χ3n) is 3.60. The molecule has 0 saturated carbocycles. The van der Waals surface area contributed by atoms with Crippen LogP contribution in [0.5, 0.6) is 0 Å². The van der Waals surface area contributed by atoms with Gasteiger partial charge in [-0.25, -0.2) is 13.2 Å². The van der Waals surface area contributed by atoms with Gasteiger partial charge in [-0.3, -0.25) is 4.79 Å². The Hall–Kier alpha value is -1.15. The maximum Gasteiger partial charge on any atom is 0.329 e. The quantitative estimate of drug-likeness (QED) is 0.753. The Morgan fingerprint density at radius 2 is 2.00 bits per heavy atom. The fourth-order valence-corrected chi connectivity index (χ4v) is 2.93. The number of likely N-dealkylation sites (N-methyl/N-ethyl adjacent to an activating group) is 1. The van der Waals surface area contributed by atoms with E-state index in [1.165, 1.54) is 25.8 Å². The van der Waals surface area contributed by atoms with E-state index in [0.717, 1.165) is 4.31 Å². The van der Waals surface area contributed by atoms with E-state index in [9.17, 15) is 23.1 Å². The van der Waals surface area contributed by atoms with Crippen LogP contribution in [0.2, 0.25) is 0 Å². The molecule has 1 aliphatic rings. The van der Waals surface area contributed by atoms with E-state index in [4.69, 9.17) is 0 Å². The summed E-state index contributed by atoms with van der Waals surface area (Å²) in [5.41, 5.74) is -1.23. The molecule has 0 aliphatic carbocycles. The summed E-state index contributed by atoms with van der Waals surface area (Å²) < 4.78 is 24.1. The van der Waals surface area contributed by atoms with Crippen LogP contribution in [-0.4, -0.2) is 66.0 Å². The SMILES string of the molecule is CCS(=O)(=O)N(C)CC(=O)N1CCCC1(C)C(=O)O. The Balaban J connectivity index is 2.82. The smallest absolute Gasteiger partial charge is 0.329 e. The summed E-state index contributed by atoms with van der Waals surface area (Å²) >= 11 is 0. The van der Waals surface area contributed by atoms with Crippen LogP contribution in [0, 0.1) is 0 Å². The first-order valence-electron chi connectivity index (χ1n) is 6.13. The Bertz CT molecular complexity index is 475. The van der Waals surface area contributed by atoms with Crippen molar-refractivity contribution in [1.82, 2.24) is 9.21 Å². The molecule has 0 spiro atoms. The van der Waals surface area contributed by atoms with Crippen LogP contribution in [0.3, 0.4) is 0 Å². The zero-order chi connectivity index (χ0) is 14.8. The van der Waals surface area contributed by atoms with E-state index >= 15 is 0 Å². The standard InChI is InChI=1S/C11H20N2O5S/c1-4-19(17,18)12(3)8-9(14)13-7-5-6-11(13,2)10(15)16/h4-8H2,1-3H3,(H,15,16). The average molecular weight is 292 g/mol. The van der Waals surface area contributed by atoms with Crippen LogP contribution in [0.25, 0.3) is 0 Å². The monoisotopic (exact) mass is 292 g/mol. The van der Waals surface area contributed by atoms with Crippen LogP contribution in [-0.2, 0) is 19.6 Å². The maximum atomic E-state index is 12.1. The number of carbonyl (C=O) groups is 2. The number of sulfonamides is 1. The van der Waals surface area contributed by atoms with Crippen molar-refractivity contribution in [1.29, 1.82) is 0 Å². The van der Waals surface area contributed by atoms with E-state index in [1.807, 2.05) is 0 Å². The Labute approximate surface area is 113 Å². The molecule has 0 aromatic carbocycles. The van der Waals surface area contributed by atoms with E-state index in [-0.39, 0.29) is 12.3 Å². The highest BCUT2D eigenvalue weighted by atomic mass is 32.2. The zero-order valence-electron chi connectivity index (χ0n) is 11.4. The third kappa shape index (κ3) is 3.06. The molecule has 19 heavy (non-hydrogen) atoms. The summed E-state index contributed by atoms with van der Waals surface area (Å²) in [6.45, 7) is 3.02. The molecule has 0 aromatic heterocycles. The summed E-state index contributed by atoms with van der Waals surface area (Å²) in [7, 11) is -2.12. The van der Waals surface area contributed by atoms with Gasteiger partial charge in [0.2, 0.25) is 15.9 Å². The summed E-state index contributed by atoms with van der Waals surface area (Å²) in [6.07, 6.45) is 0.997. The number of amides is 1. The summed E-state index contributed by atoms with van der Waals surface area (Å²) in [4.78, 5) is 24.6. The first-order chi connectivity index (χ1) is 8.65. The second kappa shape index (κ2) is 5.46. The molecule has 0 radical (unpaired) electrons. The van der Waals surface area contributed by atoms with Crippen molar-refractivity contribution >= 4 is 21.9 Å². The predicted molar refractivity (Wildman–Crippen MR) is 69.1 cm³/mol. The van der Waals surface area contributed by atoms with E-state index in [1.54, 1.807) is 0 Å². The summed E-state index contributed by atoms with van der Waals surface area (Å²) in [5, 5.41) is 9.21. The number of nitrogens with zero attached hydrogens (tertiary/aromatic N) is 2. The molecular formula is C11H20N2O5S. The van der Waals surface area contributed by atoms with Crippen LogP contribution < -0.4 is 0 Å². The molecule has 1 aliphatic heterocycles. The van der Waals surface area contributed by atoms with Gasteiger partial charge in [0.15, 0.2) is 0 Å². The molecule has 1 N–H and O–H groups in total. The molecule has 0 bridgehead atoms. The van der Waals surface area contributed by atoms with Gasteiger partial charge in [-0.2, -0.15) is 4.31 Å². The highest BCUT2D eigenvalue weighted by Gasteiger charge is 2.46. The van der Waals surface area contributed by atoms with Crippen LogP contribution in [0.15, 0.2) is 0 Å². The molecule has 8 heteroatoms. The van der Waals surface area contributed by atoms with Gasteiger partial charge in [-0.15, -0.1) is 0 Å². The third-order valence-corrected chi connectivity index (χ3v) is 5.41. The van der Waals surface area contributed by atoms with Crippen LogP contribution >= 0.6 is 0 Å². The fraction of sp³-hybridized carbons (Fsp3) is 0.818. The predicted octanol–water partition coefficient (Wildman–Crippen LogP) is -0.266. The minimum absolute atomic E-state index is 0.0903. The van der Waals surface area contributed by atoms with Crippen molar-refractivity contribution in [2.24, 2.45) is 0 Å². The van der Waals surface area contributed by atoms with Crippen molar-refractivity contribution in [3.8, 4) is 0 Å². The largest absolute Gasteiger partial charge is 0.480 e. The molecular weight excluding hydrogens is 272 g/mol. The van der Waals surface area contributed by atoms with Gasteiger partial charge in [0.05, 0.1) is 12.3 Å². The van der Waals surface area contributed by atoms with Gasteiger partial charge < -0.3 is 10.0 Å². The van der Waals surface area contributed by atoms with Crippen molar-refractivity contribution in [3.63, 3.8) is 0 Å². The number of carboxylic acids is 1. The number of likely N-dealkylation sites (tertiary alicyclic amines) is 1. The second-order valence-corrected chi connectivity index (χ2v) is 7.25. The molecule has 1 amide bonds. The van der Waals surface area contributed by atoms with E-state index < -0.39 is 27.4 Å². The van der Waals surface area contributed by atoms with Gasteiger partial charge in [0.1, 0.15) is 5.54 Å². The maximum absolute atomic E-state index is 12.1. The Morgan fingerprint density at radius 3 is 2.47 bits per heavy atom. The Morgan fingerprint density at radius 1 is 1.42 bits per heavy atom. The molecule has 0 aromatic rings. The molecule has 1 saturated heterocycles. The highest BCUT2D eigenvalue weighted by Crippen LogP contribution is 2.29. The summed E-state index contributed by atoms with van der Waals surface area (Å²) in [5.74, 6) is -1.62. The normalized spacial score (nSPS) is 23.9. The molecule has 1 atom stereocenters. The summed E-state index contributed by atoms with van der Waals surface area (Å²) in [6, 6.07) is 0. The molecule has 110 valence electrons. The first kappa shape index (κ1) is 15.9. The van der Waals surface area contributed by atoms with Gasteiger partial charge in [-0.1, -0.05) is 0 Å². The van der Waals surface area contributed by atoms with Gasteiger partial charge in [0.25, 0.3) is 0 Å². The zero-order valence-corrected chi connectivity index (χ0v) is 12.2. The van der Waals surface area contributed by atoms with Gasteiger partial charge >= 0.3 is 5.97 Å². The number of hydrogen-bond donors (Lipinski definition) is 1.